The van der Waals surface area contributed by atoms with Crippen LogP contribution in [0.3, 0.4) is 0 Å². The van der Waals surface area contributed by atoms with Crippen molar-refractivity contribution in [2.24, 2.45) is 10.9 Å². The van der Waals surface area contributed by atoms with E-state index in [1.165, 1.54) is 17.3 Å². The van der Waals surface area contributed by atoms with Crippen LogP contribution in [-0.2, 0) is 11.4 Å². The highest BCUT2D eigenvalue weighted by atomic mass is 32.2. The molecule has 1 amide bonds. The van der Waals surface area contributed by atoms with Gasteiger partial charge in [-0.2, -0.15) is 0 Å². The lowest BCUT2D eigenvalue weighted by atomic mass is 10.0. The number of amidine groups is 1. The van der Waals surface area contributed by atoms with Gasteiger partial charge < -0.3 is 4.74 Å². The predicted octanol–water partition coefficient (Wildman–Crippen LogP) is 7.99. The summed E-state index contributed by atoms with van der Waals surface area (Å²) in [5.74, 6) is 1.05. The van der Waals surface area contributed by atoms with E-state index in [9.17, 15) is 4.79 Å². The van der Waals surface area contributed by atoms with Crippen molar-refractivity contribution in [3.8, 4) is 5.75 Å². The highest BCUT2D eigenvalue weighted by Gasteiger charge is 2.34. The third kappa shape index (κ3) is 5.78. The lowest BCUT2D eigenvalue weighted by Gasteiger charge is -2.17. The molecule has 0 atom stereocenters. The molecule has 5 rings (SSSR count). The minimum Gasteiger partial charge on any atom is -0.488 e. The fourth-order valence-corrected chi connectivity index (χ4v) is 5.25. The number of thioether (sulfide) groups is 1. The fourth-order valence-electron chi connectivity index (χ4n) is 4.26. The Labute approximate surface area is 222 Å². The molecule has 186 valence electrons. The molecule has 1 saturated heterocycles. The van der Waals surface area contributed by atoms with Gasteiger partial charge in [-0.15, -0.1) is 0 Å². The molecule has 0 unspecified atom stereocenters. The van der Waals surface area contributed by atoms with Gasteiger partial charge in [0.25, 0.3) is 5.91 Å². The SMILES string of the molecule is Cc1ccc(N=C2S/C(=C/c3c(OCc4ccccc4)ccc4ccccc34)C(=O)N2CC(C)C)cc1. The van der Waals surface area contributed by atoms with E-state index in [-0.39, 0.29) is 5.91 Å². The van der Waals surface area contributed by atoms with Gasteiger partial charge >= 0.3 is 0 Å². The zero-order valence-corrected chi connectivity index (χ0v) is 22.2. The summed E-state index contributed by atoms with van der Waals surface area (Å²) in [6.07, 6.45) is 1.97. The van der Waals surface area contributed by atoms with Gasteiger partial charge in [0, 0.05) is 12.1 Å². The van der Waals surface area contributed by atoms with Crippen molar-refractivity contribution in [3.05, 3.63) is 113 Å². The van der Waals surface area contributed by atoms with Gasteiger partial charge in [0.2, 0.25) is 0 Å². The molecule has 1 aliphatic heterocycles. The average molecular weight is 507 g/mol. The first kappa shape index (κ1) is 24.8. The maximum atomic E-state index is 13.6. The number of ether oxygens (including phenoxy) is 1. The highest BCUT2D eigenvalue weighted by molar-refractivity contribution is 8.18. The van der Waals surface area contributed by atoms with Gasteiger partial charge in [-0.1, -0.05) is 92.2 Å². The molecule has 0 spiro atoms. The van der Waals surface area contributed by atoms with Gasteiger partial charge in [0.1, 0.15) is 12.4 Å². The van der Waals surface area contributed by atoms with Crippen LogP contribution in [0.1, 0.15) is 30.5 Å². The molecule has 0 radical (unpaired) electrons. The lowest BCUT2D eigenvalue weighted by molar-refractivity contribution is -0.122. The van der Waals surface area contributed by atoms with E-state index < -0.39 is 0 Å². The number of hydrogen-bond donors (Lipinski definition) is 0. The maximum absolute atomic E-state index is 13.6. The molecule has 37 heavy (non-hydrogen) atoms. The van der Waals surface area contributed by atoms with Crippen LogP contribution in [0, 0.1) is 12.8 Å². The molecule has 1 fully saturated rings. The van der Waals surface area contributed by atoms with Crippen LogP contribution < -0.4 is 4.74 Å². The van der Waals surface area contributed by atoms with E-state index >= 15 is 0 Å². The van der Waals surface area contributed by atoms with Gasteiger partial charge in [-0.3, -0.25) is 9.69 Å². The molecular formula is C32H30N2O2S. The quantitative estimate of drug-likeness (QED) is 0.239. The summed E-state index contributed by atoms with van der Waals surface area (Å²) in [6, 6.07) is 30.4. The van der Waals surface area contributed by atoms with Crippen LogP contribution >= 0.6 is 11.8 Å². The second kappa shape index (κ2) is 11.1. The van der Waals surface area contributed by atoms with Gasteiger partial charge in [0.05, 0.1) is 10.6 Å². The Balaban J connectivity index is 1.55. The summed E-state index contributed by atoms with van der Waals surface area (Å²) >= 11 is 1.43. The molecule has 1 aliphatic rings. The standard InChI is InChI=1S/C32H30N2O2S/c1-22(2)20-34-31(35)30(37-32(34)33-26-16-13-23(3)14-17-26)19-28-27-12-8-7-11-25(27)15-18-29(28)36-21-24-9-5-4-6-10-24/h4-19,22H,20-21H2,1-3H3/b30-19+,33-32?. The number of amides is 1. The Kier molecular flexibility index (Phi) is 7.42. The van der Waals surface area contributed by atoms with Crippen LogP contribution in [0.15, 0.2) is 101 Å². The number of benzene rings is 4. The number of carbonyl (C=O) groups is 1. The molecule has 4 nitrogen and oxygen atoms in total. The number of aliphatic imine (C=N–C) groups is 1. The number of carbonyl (C=O) groups excluding carboxylic acids is 1. The first-order chi connectivity index (χ1) is 18.0. The molecular weight excluding hydrogens is 476 g/mol. The first-order valence-electron chi connectivity index (χ1n) is 12.5. The minimum atomic E-state index is -0.0218. The van der Waals surface area contributed by atoms with Crippen molar-refractivity contribution in [2.45, 2.75) is 27.4 Å². The Hall–Kier alpha value is -3.83. The zero-order chi connectivity index (χ0) is 25.8. The summed E-state index contributed by atoms with van der Waals surface area (Å²) in [5, 5.41) is 2.86. The Bertz CT molecular complexity index is 1470. The molecule has 5 heteroatoms. The van der Waals surface area contributed by atoms with Crippen LogP contribution in [-0.4, -0.2) is 22.5 Å². The second-order valence-electron chi connectivity index (χ2n) is 9.62. The number of fused-ring (bicyclic) bond motifs is 1. The van der Waals surface area contributed by atoms with Crippen molar-refractivity contribution in [2.75, 3.05) is 6.54 Å². The molecule has 4 aromatic carbocycles. The topological polar surface area (TPSA) is 41.9 Å². The average Bonchev–Trinajstić information content (AvgIpc) is 3.18. The molecule has 0 saturated carbocycles. The summed E-state index contributed by atoms with van der Waals surface area (Å²) in [6.45, 7) is 7.35. The molecule has 1 heterocycles. The summed E-state index contributed by atoms with van der Waals surface area (Å²) in [7, 11) is 0. The summed E-state index contributed by atoms with van der Waals surface area (Å²) in [4.78, 5) is 20.9. The number of hydrogen-bond acceptors (Lipinski definition) is 4. The van der Waals surface area contributed by atoms with Gasteiger partial charge in [-0.25, -0.2) is 4.99 Å². The first-order valence-corrected chi connectivity index (χ1v) is 13.3. The Morgan fingerprint density at radius 2 is 1.65 bits per heavy atom. The summed E-state index contributed by atoms with van der Waals surface area (Å²) < 4.78 is 6.29. The second-order valence-corrected chi connectivity index (χ2v) is 10.6. The fraction of sp³-hybridized carbons (Fsp3) is 0.188. The smallest absolute Gasteiger partial charge is 0.266 e. The van der Waals surface area contributed by atoms with Crippen molar-refractivity contribution < 1.29 is 9.53 Å². The van der Waals surface area contributed by atoms with E-state index in [4.69, 9.17) is 9.73 Å². The van der Waals surface area contributed by atoms with E-state index in [1.807, 2.05) is 78.9 Å². The maximum Gasteiger partial charge on any atom is 0.266 e. The molecule has 0 aromatic heterocycles. The van der Waals surface area contributed by atoms with E-state index in [1.54, 1.807) is 4.90 Å². The third-order valence-electron chi connectivity index (χ3n) is 6.14. The van der Waals surface area contributed by atoms with Gasteiger partial charge in [0.15, 0.2) is 5.17 Å². The van der Waals surface area contributed by atoms with E-state index in [0.29, 0.717) is 29.1 Å². The van der Waals surface area contributed by atoms with Crippen LogP contribution in [0.25, 0.3) is 16.8 Å². The molecule has 4 aromatic rings. The Morgan fingerprint density at radius 3 is 2.41 bits per heavy atom. The number of aryl methyl sites for hydroxylation is 1. The van der Waals surface area contributed by atoms with Crippen molar-refractivity contribution >= 4 is 45.4 Å². The monoisotopic (exact) mass is 506 g/mol. The molecule has 0 bridgehead atoms. The van der Waals surface area contributed by atoms with Crippen molar-refractivity contribution in [1.29, 1.82) is 0 Å². The molecule has 0 N–H and O–H groups in total. The van der Waals surface area contributed by atoms with Crippen molar-refractivity contribution in [3.63, 3.8) is 0 Å². The van der Waals surface area contributed by atoms with Crippen LogP contribution in [0.5, 0.6) is 5.75 Å². The largest absolute Gasteiger partial charge is 0.488 e. The van der Waals surface area contributed by atoms with Crippen molar-refractivity contribution in [1.82, 2.24) is 4.90 Å². The Morgan fingerprint density at radius 1 is 0.919 bits per heavy atom. The zero-order valence-electron chi connectivity index (χ0n) is 21.3. The van der Waals surface area contributed by atoms with Crippen LogP contribution in [0.2, 0.25) is 0 Å². The van der Waals surface area contributed by atoms with E-state index in [0.717, 1.165) is 33.3 Å². The normalized spacial score (nSPS) is 15.9. The number of nitrogens with zero attached hydrogens (tertiary/aromatic N) is 2. The number of rotatable bonds is 7. The van der Waals surface area contributed by atoms with Gasteiger partial charge in [-0.05, 0) is 65.2 Å². The highest BCUT2D eigenvalue weighted by Crippen LogP contribution is 2.38. The van der Waals surface area contributed by atoms with Crippen LogP contribution in [0.4, 0.5) is 5.69 Å². The summed E-state index contributed by atoms with van der Waals surface area (Å²) in [5.41, 5.74) is 4.02. The minimum absolute atomic E-state index is 0.0218. The lowest BCUT2D eigenvalue weighted by Crippen LogP contribution is -2.32. The molecule has 0 aliphatic carbocycles. The predicted molar refractivity (Wildman–Crippen MR) is 155 cm³/mol. The van der Waals surface area contributed by atoms with E-state index in [2.05, 4.69) is 39.0 Å². The third-order valence-corrected chi connectivity index (χ3v) is 7.14.